The van der Waals surface area contributed by atoms with E-state index in [1.807, 2.05) is 59.3 Å². The number of nitrogens with one attached hydrogen (secondary N) is 1. The molecular weight excluding hydrogens is 352 g/mol. The van der Waals surface area contributed by atoms with Crippen LogP contribution in [0.2, 0.25) is 0 Å². The number of pyridine rings is 1. The predicted octanol–water partition coefficient (Wildman–Crippen LogP) is 2.87. The number of fused-ring (bicyclic) bond motifs is 1. The molecule has 1 N–H and O–H groups in total. The number of imidazole rings is 1. The molecule has 6 heteroatoms. The minimum atomic E-state index is -0.0859. The second-order valence-electron chi connectivity index (χ2n) is 7.53. The van der Waals surface area contributed by atoms with Gasteiger partial charge >= 0.3 is 0 Å². The molecular formula is C22H26N4O2. The van der Waals surface area contributed by atoms with E-state index in [0.717, 1.165) is 31.0 Å². The number of carbonyl (C=O) groups is 1. The van der Waals surface area contributed by atoms with Crippen LogP contribution in [0.25, 0.3) is 5.65 Å². The molecule has 0 bridgehead atoms. The molecule has 2 unspecified atom stereocenters. The molecule has 1 aromatic carbocycles. The van der Waals surface area contributed by atoms with E-state index in [4.69, 9.17) is 4.74 Å². The fourth-order valence-corrected chi connectivity index (χ4v) is 3.78. The highest BCUT2D eigenvalue weighted by Crippen LogP contribution is 2.15. The van der Waals surface area contributed by atoms with Gasteiger partial charge in [0.2, 0.25) is 0 Å². The van der Waals surface area contributed by atoms with E-state index >= 15 is 0 Å². The first-order valence-corrected chi connectivity index (χ1v) is 9.74. The molecule has 6 nitrogen and oxygen atoms in total. The highest BCUT2D eigenvalue weighted by molar-refractivity contribution is 5.94. The summed E-state index contributed by atoms with van der Waals surface area (Å²) >= 11 is 0. The molecule has 28 heavy (non-hydrogen) atoms. The lowest BCUT2D eigenvalue weighted by atomic mass is 10.1. The molecule has 1 aliphatic rings. The third-order valence-electron chi connectivity index (χ3n) is 4.96. The van der Waals surface area contributed by atoms with Crippen LogP contribution in [0.15, 0.2) is 54.9 Å². The van der Waals surface area contributed by atoms with Gasteiger partial charge in [0.05, 0.1) is 24.4 Å². The molecule has 1 saturated heterocycles. The van der Waals surface area contributed by atoms with E-state index in [1.54, 1.807) is 0 Å². The third kappa shape index (κ3) is 4.40. The zero-order chi connectivity index (χ0) is 19.5. The number of aromatic nitrogens is 2. The van der Waals surface area contributed by atoms with Crippen LogP contribution in [0.3, 0.4) is 0 Å². The third-order valence-corrected chi connectivity index (χ3v) is 4.96. The minimum Gasteiger partial charge on any atom is -0.373 e. The molecule has 1 aliphatic heterocycles. The Bertz CT molecular complexity index is 908. The smallest absolute Gasteiger partial charge is 0.251 e. The van der Waals surface area contributed by atoms with Crippen molar-refractivity contribution in [2.24, 2.45) is 0 Å². The Hall–Kier alpha value is -2.70. The first-order valence-electron chi connectivity index (χ1n) is 9.74. The van der Waals surface area contributed by atoms with Crippen LogP contribution >= 0.6 is 0 Å². The molecule has 1 fully saturated rings. The lowest BCUT2D eigenvalue weighted by Crippen LogP contribution is -2.44. The molecule has 4 rings (SSSR count). The molecule has 3 aromatic rings. The molecule has 0 aliphatic carbocycles. The largest absolute Gasteiger partial charge is 0.373 e. The van der Waals surface area contributed by atoms with Crippen LogP contribution < -0.4 is 5.32 Å². The maximum atomic E-state index is 12.4. The average Bonchev–Trinajstić information content (AvgIpc) is 3.09. The summed E-state index contributed by atoms with van der Waals surface area (Å²) in [5.41, 5.74) is 3.59. The van der Waals surface area contributed by atoms with Crippen molar-refractivity contribution in [1.82, 2.24) is 19.6 Å². The fourth-order valence-electron chi connectivity index (χ4n) is 3.78. The zero-order valence-electron chi connectivity index (χ0n) is 16.3. The SMILES string of the molecule is CC1CN(Cc2ccc(C(=O)NCc3cn4ccccc4n3)cc2)CC(C)O1. The van der Waals surface area contributed by atoms with Crippen LogP contribution in [0.1, 0.15) is 35.5 Å². The summed E-state index contributed by atoms with van der Waals surface area (Å²) in [6.07, 6.45) is 4.40. The summed E-state index contributed by atoms with van der Waals surface area (Å²) in [4.78, 5) is 19.4. The van der Waals surface area contributed by atoms with Crippen molar-refractivity contribution in [3.05, 3.63) is 71.7 Å². The number of benzene rings is 1. The van der Waals surface area contributed by atoms with Gasteiger partial charge in [-0.05, 0) is 43.7 Å². The van der Waals surface area contributed by atoms with Gasteiger partial charge in [-0.2, -0.15) is 0 Å². The highest BCUT2D eigenvalue weighted by Gasteiger charge is 2.22. The number of amides is 1. The molecule has 0 saturated carbocycles. The van der Waals surface area contributed by atoms with Gasteiger partial charge < -0.3 is 14.5 Å². The average molecular weight is 378 g/mol. The van der Waals surface area contributed by atoms with E-state index in [0.29, 0.717) is 12.1 Å². The summed E-state index contributed by atoms with van der Waals surface area (Å²) in [7, 11) is 0. The lowest BCUT2D eigenvalue weighted by Gasteiger charge is -2.35. The molecule has 3 heterocycles. The Morgan fingerprint density at radius 1 is 1.14 bits per heavy atom. The Balaban J connectivity index is 1.33. The van der Waals surface area contributed by atoms with Gasteiger partial charge in [-0.15, -0.1) is 0 Å². The quantitative estimate of drug-likeness (QED) is 0.742. The molecule has 146 valence electrons. The molecule has 0 spiro atoms. The highest BCUT2D eigenvalue weighted by atomic mass is 16.5. The Labute approximate surface area is 165 Å². The van der Waals surface area contributed by atoms with Crippen LogP contribution in [0.5, 0.6) is 0 Å². The van der Waals surface area contributed by atoms with Crippen molar-refractivity contribution in [3.63, 3.8) is 0 Å². The molecule has 2 aromatic heterocycles. The second-order valence-corrected chi connectivity index (χ2v) is 7.53. The van der Waals surface area contributed by atoms with Gasteiger partial charge in [0.1, 0.15) is 5.65 Å². The van der Waals surface area contributed by atoms with Crippen LogP contribution in [-0.2, 0) is 17.8 Å². The van der Waals surface area contributed by atoms with Gasteiger partial charge in [-0.3, -0.25) is 9.69 Å². The molecule has 0 radical (unpaired) electrons. The van der Waals surface area contributed by atoms with E-state index in [2.05, 4.69) is 29.0 Å². The van der Waals surface area contributed by atoms with E-state index in [9.17, 15) is 4.79 Å². The zero-order valence-corrected chi connectivity index (χ0v) is 16.3. The maximum absolute atomic E-state index is 12.4. The standard InChI is InChI=1S/C22H26N4O2/c1-16-12-25(13-17(2)28-16)14-18-6-8-19(9-7-18)22(27)23-11-20-15-26-10-4-3-5-21(26)24-20/h3-10,15-17H,11-14H2,1-2H3,(H,23,27). The second kappa shape index (κ2) is 8.12. The number of nitrogens with zero attached hydrogens (tertiary/aromatic N) is 3. The number of morpholine rings is 1. The number of hydrogen-bond donors (Lipinski definition) is 1. The first kappa shape index (κ1) is 18.7. The number of carbonyl (C=O) groups excluding carboxylic acids is 1. The monoisotopic (exact) mass is 378 g/mol. The first-order chi connectivity index (χ1) is 13.6. The number of ether oxygens (including phenoxy) is 1. The number of hydrogen-bond acceptors (Lipinski definition) is 4. The molecule has 2 atom stereocenters. The van der Waals surface area contributed by atoms with Crippen molar-refractivity contribution in [2.75, 3.05) is 13.1 Å². The van der Waals surface area contributed by atoms with E-state index in [-0.39, 0.29) is 18.1 Å². The van der Waals surface area contributed by atoms with Gasteiger partial charge in [0.25, 0.3) is 5.91 Å². The topological polar surface area (TPSA) is 58.9 Å². The van der Waals surface area contributed by atoms with E-state index < -0.39 is 0 Å². The van der Waals surface area contributed by atoms with Gasteiger partial charge in [-0.25, -0.2) is 4.98 Å². The fraction of sp³-hybridized carbons (Fsp3) is 0.364. The minimum absolute atomic E-state index is 0.0859. The van der Waals surface area contributed by atoms with Gasteiger partial charge in [0, 0.05) is 37.6 Å². The Morgan fingerprint density at radius 3 is 2.61 bits per heavy atom. The van der Waals surface area contributed by atoms with Gasteiger partial charge in [-0.1, -0.05) is 18.2 Å². The summed E-state index contributed by atoms with van der Waals surface area (Å²) in [6.45, 7) is 7.38. The van der Waals surface area contributed by atoms with Crippen LogP contribution in [0, 0.1) is 0 Å². The van der Waals surface area contributed by atoms with Crippen molar-refractivity contribution in [1.29, 1.82) is 0 Å². The van der Waals surface area contributed by atoms with Crippen LogP contribution in [-0.4, -0.2) is 45.5 Å². The van der Waals surface area contributed by atoms with Gasteiger partial charge in [0.15, 0.2) is 0 Å². The van der Waals surface area contributed by atoms with Crippen molar-refractivity contribution >= 4 is 11.6 Å². The van der Waals surface area contributed by atoms with E-state index in [1.165, 1.54) is 5.56 Å². The van der Waals surface area contributed by atoms with Crippen molar-refractivity contribution in [2.45, 2.75) is 39.1 Å². The maximum Gasteiger partial charge on any atom is 0.251 e. The Kier molecular flexibility index (Phi) is 5.41. The summed E-state index contributed by atoms with van der Waals surface area (Å²) in [5, 5.41) is 2.95. The van der Waals surface area contributed by atoms with Crippen molar-refractivity contribution in [3.8, 4) is 0 Å². The molecule has 1 amide bonds. The Morgan fingerprint density at radius 2 is 1.89 bits per heavy atom. The number of rotatable bonds is 5. The summed E-state index contributed by atoms with van der Waals surface area (Å²) in [5.74, 6) is -0.0859. The van der Waals surface area contributed by atoms with Crippen LogP contribution in [0.4, 0.5) is 0 Å². The predicted molar refractivity (Wildman–Crippen MR) is 108 cm³/mol. The van der Waals surface area contributed by atoms with Crippen molar-refractivity contribution < 1.29 is 9.53 Å². The normalized spacial score (nSPS) is 20.4. The summed E-state index contributed by atoms with van der Waals surface area (Å²) in [6, 6.07) is 13.7. The summed E-state index contributed by atoms with van der Waals surface area (Å²) < 4.78 is 7.73. The lowest BCUT2D eigenvalue weighted by molar-refractivity contribution is -0.0704.